The molecule has 0 aliphatic carbocycles. The van der Waals surface area contributed by atoms with Crippen LogP contribution >= 0.6 is 39.9 Å². The number of esters is 1. The lowest BCUT2D eigenvalue weighted by Gasteiger charge is -2.14. The molecule has 2 aromatic carbocycles. The Labute approximate surface area is 198 Å². The first-order valence-corrected chi connectivity index (χ1v) is 11.5. The molecule has 0 bridgehead atoms. The standard InChI is InChI=1S/C22H20BrNO5S2/c1-3-27-17-10-14(16(23)12-18(17)29-13-20(25)28-4-2)11-19-21(26)24(22(30)31-19)15-8-6-5-7-9-15/h5-12H,3-4,13H2,1-2H3/b19-11+. The van der Waals surface area contributed by atoms with Gasteiger partial charge in [-0.25, -0.2) is 4.79 Å². The van der Waals surface area contributed by atoms with Crippen LogP contribution < -0.4 is 14.4 Å². The number of ether oxygens (including phenoxy) is 3. The Morgan fingerprint density at radius 3 is 2.52 bits per heavy atom. The van der Waals surface area contributed by atoms with E-state index in [0.717, 1.165) is 11.3 Å². The Hall–Kier alpha value is -2.36. The van der Waals surface area contributed by atoms with Crippen LogP contribution in [0.4, 0.5) is 5.69 Å². The van der Waals surface area contributed by atoms with E-state index in [1.807, 2.05) is 37.3 Å². The summed E-state index contributed by atoms with van der Waals surface area (Å²) in [5, 5.41) is 0. The normalized spacial score (nSPS) is 14.8. The van der Waals surface area contributed by atoms with Crippen LogP contribution in [-0.4, -0.2) is 36.0 Å². The number of thioether (sulfide) groups is 1. The molecular weight excluding hydrogens is 502 g/mol. The van der Waals surface area contributed by atoms with Crippen molar-refractivity contribution in [2.75, 3.05) is 24.7 Å². The molecule has 3 rings (SSSR count). The Kier molecular flexibility index (Phi) is 8.11. The molecule has 0 unspecified atom stereocenters. The van der Waals surface area contributed by atoms with Gasteiger partial charge in [-0.2, -0.15) is 0 Å². The molecule has 9 heteroatoms. The van der Waals surface area contributed by atoms with Gasteiger partial charge in [0.05, 0.1) is 23.8 Å². The number of carbonyl (C=O) groups excluding carboxylic acids is 2. The lowest BCUT2D eigenvalue weighted by Crippen LogP contribution is -2.27. The molecule has 1 heterocycles. The van der Waals surface area contributed by atoms with Crippen molar-refractivity contribution in [3.05, 3.63) is 57.4 Å². The summed E-state index contributed by atoms with van der Waals surface area (Å²) in [5.41, 5.74) is 1.45. The molecule has 1 amide bonds. The van der Waals surface area contributed by atoms with Crippen molar-refractivity contribution < 1.29 is 23.8 Å². The SMILES string of the molecule is CCOC(=O)COc1cc(Br)c(/C=C2/SC(=S)N(c3ccccc3)C2=O)cc1OCC. The number of hydrogen-bond donors (Lipinski definition) is 0. The van der Waals surface area contributed by atoms with Gasteiger partial charge in [0.15, 0.2) is 22.4 Å². The van der Waals surface area contributed by atoms with E-state index < -0.39 is 5.97 Å². The first kappa shape index (κ1) is 23.3. The van der Waals surface area contributed by atoms with Crippen LogP contribution in [0.5, 0.6) is 11.5 Å². The number of para-hydroxylation sites is 1. The smallest absolute Gasteiger partial charge is 0.344 e. The molecule has 2 aromatic rings. The Morgan fingerprint density at radius 1 is 1.13 bits per heavy atom. The third-order valence-electron chi connectivity index (χ3n) is 4.11. The minimum atomic E-state index is -0.463. The molecular formula is C22H20BrNO5S2. The van der Waals surface area contributed by atoms with Crippen LogP contribution in [0.1, 0.15) is 19.4 Å². The van der Waals surface area contributed by atoms with Gasteiger partial charge in [-0.05, 0) is 49.8 Å². The molecule has 0 saturated carbocycles. The predicted octanol–water partition coefficient (Wildman–Crippen LogP) is 5.20. The van der Waals surface area contributed by atoms with E-state index in [2.05, 4.69) is 15.9 Å². The van der Waals surface area contributed by atoms with E-state index in [1.165, 1.54) is 16.7 Å². The molecule has 1 aliphatic heterocycles. The van der Waals surface area contributed by atoms with Gasteiger partial charge in [-0.15, -0.1) is 0 Å². The summed E-state index contributed by atoms with van der Waals surface area (Å²) >= 11 is 10.2. The Bertz CT molecular complexity index is 1030. The Balaban J connectivity index is 1.88. The number of hydrogen-bond acceptors (Lipinski definition) is 7. The summed E-state index contributed by atoms with van der Waals surface area (Å²) in [4.78, 5) is 26.6. The predicted molar refractivity (Wildman–Crippen MR) is 130 cm³/mol. The average Bonchev–Trinajstić information content (AvgIpc) is 3.03. The lowest BCUT2D eigenvalue weighted by atomic mass is 10.1. The highest BCUT2D eigenvalue weighted by Gasteiger charge is 2.33. The summed E-state index contributed by atoms with van der Waals surface area (Å²) in [6, 6.07) is 12.7. The monoisotopic (exact) mass is 521 g/mol. The number of halogens is 1. The van der Waals surface area contributed by atoms with Crippen molar-refractivity contribution in [2.24, 2.45) is 0 Å². The number of amides is 1. The van der Waals surface area contributed by atoms with Crippen molar-refractivity contribution in [3.63, 3.8) is 0 Å². The van der Waals surface area contributed by atoms with E-state index in [9.17, 15) is 9.59 Å². The molecule has 0 radical (unpaired) electrons. The minimum absolute atomic E-state index is 0.186. The van der Waals surface area contributed by atoms with Crippen molar-refractivity contribution in [1.82, 2.24) is 0 Å². The molecule has 0 spiro atoms. The topological polar surface area (TPSA) is 65.1 Å². The Morgan fingerprint density at radius 2 is 1.84 bits per heavy atom. The summed E-state index contributed by atoms with van der Waals surface area (Å²) in [7, 11) is 0. The number of rotatable bonds is 8. The summed E-state index contributed by atoms with van der Waals surface area (Å²) in [5.74, 6) is 0.207. The lowest BCUT2D eigenvalue weighted by molar-refractivity contribution is -0.145. The second-order valence-electron chi connectivity index (χ2n) is 6.20. The number of thiocarbonyl (C=S) groups is 1. The fourth-order valence-corrected chi connectivity index (χ4v) is 4.52. The largest absolute Gasteiger partial charge is 0.490 e. The van der Waals surface area contributed by atoms with Gasteiger partial charge in [-0.3, -0.25) is 9.69 Å². The molecule has 0 N–H and O–H groups in total. The molecule has 1 fully saturated rings. The second kappa shape index (κ2) is 10.8. The second-order valence-corrected chi connectivity index (χ2v) is 8.73. The third-order valence-corrected chi connectivity index (χ3v) is 6.10. The maximum absolute atomic E-state index is 13.0. The minimum Gasteiger partial charge on any atom is -0.490 e. The summed E-state index contributed by atoms with van der Waals surface area (Å²) < 4.78 is 17.3. The van der Waals surface area contributed by atoms with Crippen molar-refractivity contribution in [1.29, 1.82) is 0 Å². The first-order valence-electron chi connectivity index (χ1n) is 9.52. The van der Waals surface area contributed by atoms with Crippen LogP contribution in [0.15, 0.2) is 51.8 Å². The van der Waals surface area contributed by atoms with Gasteiger partial charge >= 0.3 is 5.97 Å². The molecule has 0 atom stereocenters. The number of nitrogens with zero attached hydrogens (tertiary/aromatic N) is 1. The summed E-state index contributed by atoms with van der Waals surface area (Å²) in [6.45, 7) is 4.05. The van der Waals surface area contributed by atoms with E-state index in [1.54, 1.807) is 25.1 Å². The number of carbonyl (C=O) groups is 2. The van der Waals surface area contributed by atoms with E-state index >= 15 is 0 Å². The third kappa shape index (κ3) is 5.66. The van der Waals surface area contributed by atoms with Crippen LogP contribution in [0.3, 0.4) is 0 Å². The number of anilines is 1. The van der Waals surface area contributed by atoms with Gasteiger partial charge in [0.1, 0.15) is 0 Å². The zero-order chi connectivity index (χ0) is 22.4. The molecule has 0 aromatic heterocycles. The quantitative estimate of drug-likeness (QED) is 0.269. The van der Waals surface area contributed by atoms with Gasteiger partial charge in [-0.1, -0.05) is 58.1 Å². The van der Waals surface area contributed by atoms with E-state index in [0.29, 0.717) is 31.8 Å². The van der Waals surface area contributed by atoms with Crippen LogP contribution in [-0.2, 0) is 14.3 Å². The van der Waals surface area contributed by atoms with Crippen molar-refractivity contribution in [3.8, 4) is 11.5 Å². The number of benzene rings is 2. The fraction of sp³-hybridized carbons (Fsp3) is 0.227. The molecule has 31 heavy (non-hydrogen) atoms. The molecule has 162 valence electrons. The first-order chi connectivity index (χ1) is 14.9. The highest BCUT2D eigenvalue weighted by atomic mass is 79.9. The van der Waals surface area contributed by atoms with Crippen LogP contribution in [0.25, 0.3) is 6.08 Å². The average molecular weight is 522 g/mol. The zero-order valence-electron chi connectivity index (χ0n) is 16.9. The summed E-state index contributed by atoms with van der Waals surface area (Å²) in [6.07, 6.45) is 1.75. The van der Waals surface area contributed by atoms with E-state index in [-0.39, 0.29) is 19.1 Å². The van der Waals surface area contributed by atoms with Crippen LogP contribution in [0.2, 0.25) is 0 Å². The zero-order valence-corrected chi connectivity index (χ0v) is 20.1. The van der Waals surface area contributed by atoms with Gasteiger partial charge in [0, 0.05) is 4.47 Å². The van der Waals surface area contributed by atoms with Crippen LogP contribution in [0, 0.1) is 0 Å². The van der Waals surface area contributed by atoms with Gasteiger partial charge in [0.25, 0.3) is 5.91 Å². The molecule has 1 saturated heterocycles. The fourth-order valence-electron chi connectivity index (χ4n) is 2.79. The van der Waals surface area contributed by atoms with E-state index in [4.69, 9.17) is 26.4 Å². The van der Waals surface area contributed by atoms with Gasteiger partial charge < -0.3 is 14.2 Å². The highest BCUT2D eigenvalue weighted by Crippen LogP contribution is 2.39. The maximum atomic E-state index is 13.0. The molecule has 6 nitrogen and oxygen atoms in total. The van der Waals surface area contributed by atoms with Crippen molar-refractivity contribution >= 4 is 67.9 Å². The maximum Gasteiger partial charge on any atom is 0.344 e. The van der Waals surface area contributed by atoms with Crippen molar-refractivity contribution in [2.45, 2.75) is 13.8 Å². The van der Waals surface area contributed by atoms with Gasteiger partial charge in [0.2, 0.25) is 0 Å². The highest BCUT2D eigenvalue weighted by molar-refractivity contribution is 9.10. The molecule has 1 aliphatic rings.